The van der Waals surface area contributed by atoms with Crippen molar-refractivity contribution < 1.29 is 81.5 Å². The average molecular weight is 1840 g/mol. The fourth-order valence-electron chi connectivity index (χ4n) is 13.7. The quantitative estimate of drug-likeness (QED) is 0.0186. The molecule has 1 heterocycles. The second-order valence-electron chi connectivity index (χ2n) is 33.0. The molecule has 0 aliphatic rings. The van der Waals surface area contributed by atoms with Crippen molar-refractivity contribution in [2.75, 3.05) is 39.3 Å². The predicted octanol–water partition coefficient (Wildman–Crippen LogP) is -4.30. The Bertz CT molecular complexity index is 4360. The van der Waals surface area contributed by atoms with Crippen LogP contribution >= 0.6 is 0 Å². The maximum Gasteiger partial charge on any atom is 0.243 e. The molecule has 0 aliphatic carbocycles. The second kappa shape index (κ2) is 60.0. The van der Waals surface area contributed by atoms with Crippen molar-refractivity contribution in [3.63, 3.8) is 0 Å². The standard InChI is InChI=1S/C89H143N25O17/c1-51(99-75(117)52(2)103-83(125)66(37-19-25-43-92)110-86(128)68(39-21-27-45-94)109-82(124)63(96)34-17-23-41-90)74(116)100-55(5)79(121)112-70(47-59-29-11-9-12-30-59)87(129)104-53(3)76(118)102-57(7)81(123)114-72(49-61-50-98-64-35-16-15-33-62(61)64)89(131)105-54(4)77(119)101-56(6)80(122)113-71(48-60-31-13-10-14-32-60)88(130)106-58(8)78(120)108-67(38-20-26-44-93)85(127)111-69(40-22-28-46-95)84(126)107-65(73(97)115)36-18-24-42-91/h9-16,29-33,35,50-58,63,65-72,98H,17-28,34,36-49,90-96H2,1-8H3,(H2,97,115)(H,99,117)(H,100,116)(H,101,119)(H,102,118)(H,103,125)(H,104,129)(H,105,131)(H,106,130)(H,107,126)(H,108,120)(H,109,124)(H,110,128)(H,111,127)(H,112,121)(H,113,122)(H,114,123)/t51-,52-,53-,54-,55-,56-,57-,58-,63-,65-,66-,67-,68-,69-,70-,71-,72-/m0/s1. The topological polar surface area (TPSA) is 707 Å². The van der Waals surface area contributed by atoms with Gasteiger partial charge in [0.15, 0.2) is 0 Å². The van der Waals surface area contributed by atoms with Gasteiger partial charge in [0, 0.05) is 36.4 Å². The highest BCUT2D eigenvalue weighted by molar-refractivity contribution is 6.01. The zero-order valence-electron chi connectivity index (χ0n) is 76.6. The molecule has 33 N–H and O–H groups in total. The summed E-state index contributed by atoms with van der Waals surface area (Å²) in [7, 11) is 0. The summed E-state index contributed by atoms with van der Waals surface area (Å²) in [4.78, 5) is 239. The molecule has 4 aromatic rings. The summed E-state index contributed by atoms with van der Waals surface area (Å²) in [6.07, 6.45) is 8.27. The fourth-order valence-corrected chi connectivity index (χ4v) is 13.7. The largest absolute Gasteiger partial charge is 0.368 e. The first-order valence-electron chi connectivity index (χ1n) is 45.1. The lowest BCUT2D eigenvalue weighted by molar-refractivity contribution is -0.136. The van der Waals surface area contributed by atoms with E-state index in [0.717, 1.165) is 0 Å². The van der Waals surface area contributed by atoms with Gasteiger partial charge in [-0.3, -0.25) is 81.5 Å². The second-order valence-corrected chi connectivity index (χ2v) is 33.0. The Morgan fingerprint density at radius 1 is 0.252 bits per heavy atom. The molecule has 0 bridgehead atoms. The zero-order valence-corrected chi connectivity index (χ0v) is 76.6. The van der Waals surface area contributed by atoms with E-state index in [9.17, 15) is 81.5 Å². The van der Waals surface area contributed by atoms with E-state index in [0.29, 0.717) is 144 Å². The molecule has 0 spiro atoms. The number of rotatable bonds is 63. The third-order valence-electron chi connectivity index (χ3n) is 21.8. The van der Waals surface area contributed by atoms with E-state index in [4.69, 9.17) is 45.9 Å². The predicted molar refractivity (Wildman–Crippen MR) is 493 cm³/mol. The van der Waals surface area contributed by atoms with Gasteiger partial charge in [-0.2, -0.15) is 0 Å². The maximum atomic E-state index is 14.5. The van der Waals surface area contributed by atoms with E-state index in [-0.39, 0.29) is 57.9 Å². The normalized spacial score (nSPS) is 15.1. The summed E-state index contributed by atoms with van der Waals surface area (Å²) in [5, 5.41) is 42.5. The number of aromatic amines is 1. The SMILES string of the molecule is C[C@H](NC(=O)[C@H](C)NC(=O)[C@H](CCCCN)NC(=O)[C@H](CCCCN)NC(=O)[C@@H](N)CCCCN)C(=O)N[C@@H](C)C(=O)N[C@@H](Cc1ccccc1)C(=O)N[C@@H](C)C(=O)N[C@@H](C)C(=O)N[C@@H](Cc1c[nH]c2ccccc12)C(=O)N[C@@H](C)C(=O)N[C@@H](C)C(=O)N[C@@H](Cc1ccccc1)C(=O)N[C@@H](C)C(=O)N[C@@H](CCCCN)C(=O)N[C@@H](CCCCN)C(=O)N[C@@H](CCCCN)C(N)=O. The van der Waals surface area contributed by atoms with Crippen LogP contribution < -0.4 is 131 Å². The summed E-state index contributed by atoms with van der Waals surface area (Å²) < 4.78 is 0. The third-order valence-corrected chi connectivity index (χ3v) is 21.8. The van der Waals surface area contributed by atoms with Gasteiger partial charge in [-0.15, -0.1) is 0 Å². The number of primary amides is 1. The van der Waals surface area contributed by atoms with E-state index in [2.05, 4.69) is 90.1 Å². The number of amides is 17. The van der Waals surface area contributed by atoms with Crippen LogP contribution in [0.2, 0.25) is 0 Å². The van der Waals surface area contributed by atoms with Gasteiger partial charge in [-0.1, -0.05) is 85.3 Å². The Hall–Kier alpha value is -12.1. The lowest BCUT2D eigenvalue weighted by Crippen LogP contribution is -2.60. The number of unbranched alkanes of at least 4 members (excludes halogenated alkanes) is 6. The van der Waals surface area contributed by atoms with E-state index >= 15 is 0 Å². The molecule has 0 fully saturated rings. The van der Waals surface area contributed by atoms with Gasteiger partial charge >= 0.3 is 0 Å². The monoisotopic (exact) mass is 1830 g/mol. The van der Waals surface area contributed by atoms with Crippen LogP contribution in [-0.4, -0.2) is 247 Å². The maximum absolute atomic E-state index is 14.5. The van der Waals surface area contributed by atoms with E-state index in [1.165, 1.54) is 55.4 Å². The van der Waals surface area contributed by atoms with Crippen LogP contribution in [0, 0.1) is 0 Å². The Morgan fingerprint density at radius 2 is 0.473 bits per heavy atom. The molecule has 3 aromatic carbocycles. The highest BCUT2D eigenvalue weighted by atomic mass is 16.2. The van der Waals surface area contributed by atoms with Crippen molar-refractivity contribution in [3.05, 3.63) is 108 Å². The van der Waals surface area contributed by atoms with Crippen LogP contribution in [0.1, 0.15) is 188 Å². The number of hydrogen-bond acceptors (Lipinski definition) is 24. The first-order valence-corrected chi connectivity index (χ1v) is 45.1. The summed E-state index contributed by atoms with van der Waals surface area (Å²) in [6.45, 7) is 12.6. The van der Waals surface area contributed by atoms with Crippen molar-refractivity contribution in [3.8, 4) is 0 Å². The number of para-hydroxylation sites is 1. The Kier molecular flexibility index (Phi) is 50.9. The van der Waals surface area contributed by atoms with E-state index in [1.807, 2.05) is 0 Å². The number of benzene rings is 3. The number of nitrogens with two attached hydrogens (primary N) is 8. The number of carbonyl (C=O) groups is 17. The molecule has 0 radical (unpaired) electrons. The third kappa shape index (κ3) is 40.4. The van der Waals surface area contributed by atoms with Crippen molar-refractivity contribution in [1.29, 1.82) is 0 Å². The minimum atomic E-state index is -1.44. The molecule has 42 nitrogen and oxygen atoms in total. The number of aromatic nitrogens is 1. The lowest BCUT2D eigenvalue weighted by atomic mass is 10.0. The lowest BCUT2D eigenvalue weighted by Gasteiger charge is -2.27. The van der Waals surface area contributed by atoms with Gasteiger partial charge in [-0.05, 0) is 227 Å². The van der Waals surface area contributed by atoms with E-state index < -0.39 is 203 Å². The summed E-state index contributed by atoms with van der Waals surface area (Å²) in [6, 6.07) is 2.47. The van der Waals surface area contributed by atoms with Crippen LogP contribution in [0.15, 0.2) is 91.1 Å². The van der Waals surface area contributed by atoms with Crippen molar-refractivity contribution >= 4 is 111 Å². The van der Waals surface area contributed by atoms with E-state index in [1.54, 1.807) is 91.1 Å². The minimum Gasteiger partial charge on any atom is -0.368 e. The minimum absolute atomic E-state index is 0.0701. The van der Waals surface area contributed by atoms with Crippen LogP contribution in [0.4, 0.5) is 0 Å². The number of fused-ring (bicyclic) bond motifs is 1. The number of carbonyl (C=O) groups excluding carboxylic acids is 17. The molecule has 726 valence electrons. The molecule has 17 atom stereocenters. The number of hydrogen-bond donors (Lipinski definition) is 25. The van der Waals surface area contributed by atoms with Gasteiger partial charge in [0.05, 0.1) is 6.04 Å². The Balaban J connectivity index is 1.43. The van der Waals surface area contributed by atoms with Crippen LogP contribution in [0.3, 0.4) is 0 Å². The molecule has 131 heavy (non-hydrogen) atoms. The van der Waals surface area contributed by atoms with Gasteiger partial charge in [0.2, 0.25) is 100 Å². The van der Waals surface area contributed by atoms with Crippen molar-refractivity contribution in [1.82, 2.24) is 90.1 Å². The molecular formula is C89H143N25O17. The Morgan fingerprint density at radius 3 is 0.779 bits per heavy atom. The highest BCUT2D eigenvalue weighted by Gasteiger charge is 2.37. The Labute approximate surface area is 765 Å². The smallest absolute Gasteiger partial charge is 0.243 e. The van der Waals surface area contributed by atoms with Gasteiger partial charge < -0.3 is 136 Å². The highest BCUT2D eigenvalue weighted by Crippen LogP contribution is 2.21. The first-order chi connectivity index (χ1) is 62.4. The zero-order chi connectivity index (χ0) is 97.2. The van der Waals surface area contributed by atoms with Crippen molar-refractivity contribution in [2.24, 2.45) is 45.9 Å². The summed E-state index contributed by atoms with van der Waals surface area (Å²) in [5.74, 6) is -13.6. The summed E-state index contributed by atoms with van der Waals surface area (Å²) >= 11 is 0. The molecule has 0 aliphatic heterocycles. The molecule has 0 saturated heterocycles. The van der Waals surface area contributed by atoms with Crippen molar-refractivity contribution in [2.45, 2.75) is 293 Å². The van der Waals surface area contributed by atoms with Crippen LogP contribution in [0.25, 0.3) is 10.9 Å². The first kappa shape index (κ1) is 111. The van der Waals surface area contributed by atoms with Gasteiger partial charge in [0.1, 0.15) is 96.7 Å². The molecule has 0 unspecified atom stereocenters. The molecule has 42 heteroatoms. The molecular weight excluding hydrogens is 1690 g/mol. The molecule has 1 aromatic heterocycles. The average Bonchev–Trinajstić information content (AvgIpc) is 1.67. The number of nitrogens with one attached hydrogen (secondary N) is 17. The molecule has 0 saturated carbocycles. The molecule has 4 rings (SSSR count). The van der Waals surface area contributed by atoms with Crippen LogP contribution in [0.5, 0.6) is 0 Å². The van der Waals surface area contributed by atoms with Crippen LogP contribution in [-0.2, 0) is 101 Å². The fraction of sp³-hybridized carbons (Fsp3) is 0.584. The molecule has 17 amide bonds. The van der Waals surface area contributed by atoms with Gasteiger partial charge in [0.25, 0.3) is 0 Å². The van der Waals surface area contributed by atoms with Gasteiger partial charge in [-0.25, -0.2) is 0 Å². The number of H-pyrrole nitrogens is 1. The summed E-state index contributed by atoms with van der Waals surface area (Å²) in [5.41, 5.74) is 48.4.